The second-order valence-electron chi connectivity index (χ2n) is 9.18. The van der Waals surface area contributed by atoms with Crippen molar-refractivity contribution >= 4 is 21.9 Å². The number of nitrogens with one attached hydrogen (secondary N) is 3. The Labute approximate surface area is 217 Å². The number of hydrogen-bond acceptors (Lipinski definition) is 6. The van der Waals surface area contributed by atoms with E-state index in [9.17, 15) is 0 Å². The Morgan fingerprint density at radius 1 is 0.789 bits per heavy atom. The Balaban J connectivity index is 1.20. The summed E-state index contributed by atoms with van der Waals surface area (Å²) in [6.45, 7) is 1.52. The summed E-state index contributed by atoms with van der Waals surface area (Å²) in [7, 11) is 0. The van der Waals surface area contributed by atoms with Gasteiger partial charge in [0.05, 0.1) is 41.1 Å². The van der Waals surface area contributed by atoms with E-state index in [1.807, 2.05) is 49.1 Å². The number of nitrogens with zero attached hydrogens (tertiary/aromatic N) is 4. The average molecular weight is 498 g/mol. The molecule has 184 valence electrons. The molecule has 7 aromatic rings. The molecule has 38 heavy (non-hydrogen) atoms. The molecular formula is C30H23N7O. The van der Waals surface area contributed by atoms with Crippen molar-refractivity contribution in [3.63, 3.8) is 0 Å². The molecule has 3 N–H and O–H groups in total. The van der Waals surface area contributed by atoms with E-state index in [4.69, 9.17) is 9.40 Å². The Bertz CT molecular complexity index is 1850. The molecule has 6 heterocycles. The fourth-order valence-corrected chi connectivity index (χ4v) is 4.75. The third-order valence-corrected chi connectivity index (χ3v) is 6.63. The number of furan rings is 1. The van der Waals surface area contributed by atoms with E-state index in [1.165, 1.54) is 5.56 Å². The number of fused-ring (bicyclic) bond motifs is 2. The predicted molar refractivity (Wildman–Crippen MR) is 147 cm³/mol. The minimum absolute atomic E-state index is 0.719. The van der Waals surface area contributed by atoms with Crippen LogP contribution in [0.3, 0.4) is 0 Å². The zero-order chi connectivity index (χ0) is 25.3. The van der Waals surface area contributed by atoms with Crippen LogP contribution in [0.4, 0.5) is 0 Å². The molecule has 8 heteroatoms. The standard InChI is InChI=1S/C30H23N7O/c1-2-4-19(5-3-1)12-31-13-20-10-22(15-32-14-20)25-6-7-26-29(35-25)30(37-36-26)27-11-23-24(21-8-9-38-18-21)16-33-17-28(23)34-27/h1-11,14-18,31,34H,12-13H2,(H,36,37). The first-order chi connectivity index (χ1) is 18.8. The van der Waals surface area contributed by atoms with Crippen molar-refractivity contribution in [3.8, 4) is 33.8 Å². The van der Waals surface area contributed by atoms with Crippen molar-refractivity contribution < 1.29 is 4.42 Å². The summed E-state index contributed by atoms with van der Waals surface area (Å²) in [5.41, 5.74) is 10.3. The molecule has 1 aromatic carbocycles. The van der Waals surface area contributed by atoms with Crippen LogP contribution in [0.25, 0.3) is 55.7 Å². The molecule has 0 saturated carbocycles. The van der Waals surface area contributed by atoms with Gasteiger partial charge in [0.2, 0.25) is 0 Å². The van der Waals surface area contributed by atoms with Gasteiger partial charge in [-0.2, -0.15) is 5.10 Å². The topological polar surface area (TPSA) is 108 Å². The summed E-state index contributed by atoms with van der Waals surface area (Å²) < 4.78 is 5.29. The van der Waals surface area contributed by atoms with Gasteiger partial charge in [-0.05, 0) is 41.5 Å². The molecule has 0 spiro atoms. The third-order valence-electron chi connectivity index (χ3n) is 6.63. The van der Waals surface area contributed by atoms with Gasteiger partial charge < -0.3 is 14.7 Å². The molecular weight excluding hydrogens is 474 g/mol. The number of benzene rings is 1. The van der Waals surface area contributed by atoms with Gasteiger partial charge in [-0.1, -0.05) is 30.3 Å². The number of aromatic nitrogens is 6. The average Bonchev–Trinajstić information content (AvgIpc) is 3.73. The summed E-state index contributed by atoms with van der Waals surface area (Å²) in [6, 6.07) is 20.5. The zero-order valence-corrected chi connectivity index (χ0v) is 20.3. The number of aromatic amines is 2. The molecule has 0 aliphatic rings. The molecule has 0 aliphatic carbocycles. The van der Waals surface area contributed by atoms with Crippen molar-refractivity contribution in [1.82, 2.24) is 35.5 Å². The molecule has 0 atom stereocenters. The second kappa shape index (κ2) is 9.42. The summed E-state index contributed by atoms with van der Waals surface area (Å²) in [6.07, 6.45) is 10.8. The first-order valence-electron chi connectivity index (χ1n) is 12.4. The molecule has 0 radical (unpaired) electrons. The van der Waals surface area contributed by atoms with Gasteiger partial charge in [-0.15, -0.1) is 0 Å². The highest BCUT2D eigenvalue weighted by Crippen LogP contribution is 2.33. The summed E-state index contributed by atoms with van der Waals surface area (Å²) >= 11 is 0. The molecule has 6 aromatic heterocycles. The monoisotopic (exact) mass is 497 g/mol. The summed E-state index contributed by atoms with van der Waals surface area (Å²) in [4.78, 5) is 17.3. The number of hydrogen-bond donors (Lipinski definition) is 3. The number of pyridine rings is 3. The van der Waals surface area contributed by atoms with Crippen LogP contribution in [-0.4, -0.2) is 30.1 Å². The van der Waals surface area contributed by atoms with Crippen molar-refractivity contribution in [1.29, 1.82) is 0 Å². The molecule has 8 nitrogen and oxygen atoms in total. The first-order valence-corrected chi connectivity index (χ1v) is 12.4. The van der Waals surface area contributed by atoms with Crippen LogP contribution in [0.5, 0.6) is 0 Å². The normalized spacial score (nSPS) is 11.5. The van der Waals surface area contributed by atoms with Gasteiger partial charge in [-0.25, -0.2) is 4.98 Å². The van der Waals surface area contributed by atoms with Gasteiger partial charge in [0.1, 0.15) is 11.2 Å². The van der Waals surface area contributed by atoms with Crippen LogP contribution in [0.1, 0.15) is 11.1 Å². The largest absolute Gasteiger partial charge is 0.472 e. The van der Waals surface area contributed by atoms with Crippen LogP contribution in [0.15, 0.2) is 102 Å². The molecule has 0 aliphatic heterocycles. The Morgan fingerprint density at radius 2 is 1.68 bits per heavy atom. The highest BCUT2D eigenvalue weighted by Gasteiger charge is 2.16. The third kappa shape index (κ3) is 4.12. The summed E-state index contributed by atoms with van der Waals surface area (Å²) in [5.74, 6) is 0. The van der Waals surface area contributed by atoms with Gasteiger partial charge in [0, 0.05) is 53.8 Å². The molecule has 0 amide bonds. The lowest BCUT2D eigenvalue weighted by Crippen LogP contribution is -2.12. The van der Waals surface area contributed by atoms with Crippen LogP contribution in [0, 0.1) is 0 Å². The first kappa shape index (κ1) is 22.1. The van der Waals surface area contributed by atoms with Crippen molar-refractivity contribution in [3.05, 3.63) is 109 Å². The van der Waals surface area contributed by atoms with Crippen molar-refractivity contribution in [2.24, 2.45) is 0 Å². The van der Waals surface area contributed by atoms with E-state index >= 15 is 0 Å². The lowest BCUT2D eigenvalue weighted by Gasteiger charge is -2.07. The van der Waals surface area contributed by atoms with Crippen LogP contribution in [-0.2, 0) is 13.1 Å². The number of H-pyrrole nitrogens is 2. The van der Waals surface area contributed by atoms with Gasteiger partial charge in [0.15, 0.2) is 0 Å². The maximum Gasteiger partial charge on any atom is 0.135 e. The minimum Gasteiger partial charge on any atom is -0.472 e. The molecule has 0 unspecified atom stereocenters. The lowest BCUT2D eigenvalue weighted by molar-refractivity contribution is 0.568. The fourth-order valence-electron chi connectivity index (χ4n) is 4.75. The molecule has 0 saturated heterocycles. The van der Waals surface area contributed by atoms with Crippen LogP contribution in [0.2, 0.25) is 0 Å². The highest BCUT2D eigenvalue weighted by atomic mass is 16.3. The van der Waals surface area contributed by atoms with E-state index < -0.39 is 0 Å². The second-order valence-corrected chi connectivity index (χ2v) is 9.18. The SMILES string of the molecule is c1ccc(CNCc2cncc(-c3ccc4[nH]nc(-c5cc6c(-c7ccoc7)cncc6[nH]5)c4n3)c2)cc1. The smallest absolute Gasteiger partial charge is 0.135 e. The van der Waals surface area contributed by atoms with Gasteiger partial charge >= 0.3 is 0 Å². The van der Waals surface area contributed by atoms with E-state index in [-0.39, 0.29) is 0 Å². The van der Waals surface area contributed by atoms with Crippen LogP contribution >= 0.6 is 0 Å². The Kier molecular flexibility index (Phi) is 5.49. The van der Waals surface area contributed by atoms with E-state index in [2.05, 4.69) is 66.9 Å². The van der Waals surface area contributed by atoms with Gasteiger partial charge in [0.25, 0.3) is 0 Å². The molecule has 0 fully saturated rings. The lowest BCUT2D eigenvalue weighted by atomic mass is 10.1. The highest BCUT2D eigenvalue weighted by molar-refractivity contribution is 5.99. The van der Waals surface area contributed by atoms with Gasteiger partial charge in [-0.3, -0.25) is 15.1 Å². The van der Waals surface area contributed by atoms with Crippen LogP contribution < -0.4 is 5.32 Å². The minimum atomic E-state index is 0.719. The zero-order valence-electron chi connectivity index (χ0n) is 20.3. The molecule has 0 bridgehead atoms. The van der Waals surface area contributed by atoms with E-state index in [1.54, 1.807) is 12.5 Å². The summed E-state index contributed by atoms with van der Waals surface area (Å²) in [5, 5.41) is 12.2. The van der Waals surface area contributed by atoms with E-state index in [0.29, 0.717) is 0 Å². The maximum absolute atomic E-state index is 5.29. The van der Waals surface area contributed by atoms with Crippen molar-refractivity contribution in [2.75, 3.05) is 0 Å². The Morgan fingerprint density at radius 3 is 2.58 bits per heavy atom. The predicted octanol–water partition coefficient (Wildman–Crippen LogP) is 6.11. The van der Waals surface area contributed by atoms with E-state index in [0.717, 1.165) is 74.4 Å². The molecule has 7 rings (SSSR count). The van der Waals surface area contributed by atoms with Crippen molar-refractivity contribution in [2.45, 2.75) is 13.1 Å². The quantitative estimate of drug-likeness (QED) is 0.245. The fraction of sp³-hybridized carbons (Fsp3) is 0.0667. The maximum atomic E-state index is 5.29. The number of rotatable bonds is 7. The Hall–Kier alpha value is -5.08.